The quantitative estimate of drug-likeness (QED) is 0.918. The third kappa shape index (κ3) is 3.70. The minimum atomic E-state index is -0.359. The molecule has 2 heterocycles. The first-order valence-electron chi connectivity index (χ1n) is 7.83. The fourth-order valence-corrected chi connectivity index (χ4v) is 2.69. The molecule has 7 nitrogen and oxygen atoms in total. The number of anilines is 2. The SMILES string of the molecule is Cc1nc(C)n(CC(=O)Nc2ccc(N3CCOCC3)c(F)c2)n1. The molecule has 0 saturated carbocycles. The number of morpholine rings is 1. The molecule has 1 amide bonds. The van der Waals surface area contributed by atoms with E-state index in [1.165, 1.54) is 10.7 Å². The minimum Gasteiger partial charge on any atom is -0.378 e. The Morgan fingerprint density at radius 2 is 2.08 bits per heavy atom. The van der Waals surface area contributed by atoms with Gasteiger partial charge in [-0.3, -0.25) is 4.79 Å². The molecule has 0 bridgehead atoms. The lowest BCUT2D eigenvalue weighted by Crippen LogP contribution is -2.36. The Labute approximate surface area is 139 Å². The van der Waals surface area contributed by atoms with E-state index in [1.807, 2.05) is 4.90 Å². The van der Waals surface area contributed by atoms with Crippen molar-refractivity contribution in [2.75, 3.05) is 36.5 Å². The number of rotatable bonds is 4. The first kappa shape index (κ1) is 16.4. The summed E-state index contributed by atoms with van der Waals surface area (Å²) in [6, 6.07) is 4.72. The van der Waals surface area contributed by atoms with Crippen molar-refractivity contribution >= 4 is 17.3 Å². The molecule has 128 valence electrons. The lowest BCUT2D eigenvalue weighted by Gasteiger charge is -2.29. The van der Waals surface area contributed by atoms with Gasteiger partial charge in [0.1, 0.15) is 24.0 Å². The van der Waals surface area contributed by atoms with Crippen molar-refractivity contribution in [3.8, 4) is 0 Å². The van der Waals surface area contributed by atoms with Gasteiger partial charge in [0.15, 0.2) is 0 Å². The summed E-state index contributed by atoms with van der Waals surface area (Å²) < 4.78 is 21.1. The number of aromatic nitrogens is 3. The molecule has 1 aromatic carbocycles. The first-order chi connectivity index (χ1) is 11.5. The van der Waals surface area contributed by atoms with Crippen LogP contribution >= 0.6 is 0 Å². The second-order valence-corrected chi connectivity index (χ2v) is 5.68. The number of ether oxygens (including phenoxy) is 1. The second kappa shape index (κ2) is 6.96. The number of carbonyl (C=O) groups excluding carboxylic acids is 1. The summed E-state index contributed by atoms with van der Waals surface area (Å²) in [5.74, 6) is 0.640. The van der Waals surface area contributed by atoms with E-state index >= 15 is 0 Å². The monoisotopic (exact) mass is 333 g/mol. The van der Waals surface area contributed by atoms with Gasteiger partial charge >= 0.3 is 0 Å². The number of nitrogens with one attached hydrogen (secondary N) is 1. The van der Waals surface area contributed by atoms with E-state index < -0.39 is 0 Å². The van der Waals surface area contributed by atoms with Gasteiger partial charge in [0.25, 0.3) is 0 Å². The normalized spacial score (nSPS) is 14.7. The maximum Gasteiger partial charge on any atom is 0.246 e. The van der Waals surface area contributed by atoms with Crippen molar-refractivity contribution in [3.05, 3.63) is 35.7 Å². The van der Waals surface area contributed by atoms with Crippen LogP contribution in [0.1, 0.15) is 11.6 Å². The molecular formula is C16H20FN5O2. The molecule has 0 atom stereocenters. The molecule has 0 aliphatic carbocycles. The Bertz CT molecular complexity index is 740. The third-order valence-electron chi connectivity index (χ3n) is 3.84. The van der Waals surface area contributed by atoms with Crippen LogP contribution in [0.2, 0.25) is 0 Å². The fraction of sp³-hybridized carbons (Fsp3) is 0.438. The Hall–Kier alpha value is -2.48. The number of hydrogen-bond donors (Lipinski definition) is 1. The summed E-state index contributed by atoms with van der Waals surface area (Å²) in [4.78, 5) is 18.2. The molecule has 1 N–H and O–H groups in total. The Morgan fingerprint density at radius 1 is 1.33 bits per heavy atom. The molecule has 0 unspecified atom stereocenters. The summed E-state index contributed by atoms with van der Waals surface area (Å²) in [7, 11) is 0. The molecule has 0 radical (unpaired) electrons. The largest absolute Gasteiger partial charge is 0.378 e. The third-order valence-corrected chi connectivity index (χ3v) is 3.84. The summed E-state index contributed by atoms with van der Waals surface area (Å²) in [5, 5.41) is 6.82. The van der Waals surface area contributed by atoms with E-state index in [9.17, 15) is 9.18 Å². The molecular weight excluding hydrogens is 313 g/mol. The molecule has 24 heavy (non-hydrogen) atoms. The molecule has 3 rings (SSSR count). The van der Waals surface area contributed by atoms with Gasteiger partial charge < -0.3 is 15.0 Å². The van der Waals surface area contributed by atoms with Crippen LogP contribution in [0.25, 0.3) is 0 Å². The van der Waals surface area contributed by atoms with Crippen molar-refractivity contribution in [3.63, 3.8) is 0 Å². The van der Waals surface area contributed by atoms with Gasteiger partial charge in [-0.1, -0.05) is 0 Å². The molecule has 1 aliphatic heterocycles. The summed E-state index contributed by atoms with van der Waals surface area (Å²) in [6.45, 7) is 6.09. The molecule has 1 fully saturated rings. The van der Waals surface area contributed by atoms with Gasteiger partial charge in [-0.25, -0.2) is 14.1 Å². The van der Waals surface area contributed by atoms with E-state index in [4.69, 9.17) is 4.74 Å². The van der Waals surface area contributed by atoms with Crippen LogP contribution in [0, 0.1) is 19.7 Å². The molecule has 8 heteroatoms. The Balaban J connectivity index is 1.65. The van der Waals surface area contributed by atoms with Crippen LogP contribution in [0.3, 0.4) is 0 Å². The van der Waals surface area contributed by atoms with Crippen LogP contribution in [-0.2, 0) is 16.1 Å². The number of amides is 1. The van der Waals surface area contributed by atoms with E-state index in [0.717, 1.165) is 0 Å². The minimum absolute atomic E-state index is 0.0412. The first-order valence-corrected chi connectivity index (χ1v) is 7.83. The number of halogens is 1. The van der Waals surface area contributed by atoms with Crippen molar-refractivity contribution in [2.45, 2.75) is 20.4 Å². The van der Waals surface area contributed by atoms with Crippen molar-refractivity contribution in [1.29, 1.82) is 0 Å². The van der Waals surface area contributed by atoms with E-state index in [2.05, 4.69) is 15.4 Å². The Morgan fingerprint density at radius 3 is 2.71 bits per heavy atom. The number of nitrogens with zero attached hydrogens (tertiary/aromatic N) is 4. The highest BCUT2D eigenvalue weighted by molar-refractivity contribution is 5.90. The van der Waals surface area contributed by atoms with Crippen LogP contribution in [-0.4, -0.2) is 47.0 Å². The molecule has 2 aromatic rings. The van der Waals surface area contributed by atoms with E-state index in [1.54, 1.807) is 26.0 Å². The molecule has 1 aromatic heterocycles. The van der Waals surface area contributed by atoms with Gasteiger partial charge in [0.05, 0.1) is 18.9 Å². The summed E-state index contributed by atoms with van der Waals surface area (Å²) in [6.07, 6.45) is 0. The van der Waals surface area contributed by atoms with E-state index in [0.29, 0.717) is 49.3 Å². The molecule has 1 saturated heterocycles. The highest BCUT2D eigenvalue weighted by atomic mass is 19.1. The summed E-state index contributed by atoms with van der Waals surface area (Å²) >= 11 is 0. The van der Waals surface area contributed by atoms with Gasteiger partial charge in [0, 0.05) is 18.8 Å². The highest BCUT2D eigenvalue weighted by Crippen LogP contribution is 2.23. The Kier molecular flexibility index (Phi) is 4.75. The topological polar surface area (TPSA) is 72.3 Å². The zero-order valence-corrected chi connectivity index (χ0v) is 13.8. The molecule has 0 spiro atoms. The van der Waals surface area contributed by atoms with Crippen LogP contribution < -0.4 is 10.2 Å². The number of hydrogen-bond acceptors (Lipinski definition) is 5. The number of carbonyl (C=O) groups is 1. The second-order valence-electron chi connectivity index (χ2n) is 5.68. The van der Waals surface area contributed by atoms with Gasteiger partial charge in [-0.05, 0) is 32.0 Å². The zero-order chi connectivity index (χ0) is 17.1. The van der Waals surface area contributed by atoms with Gasteiger partial charge in [-0.2, -0.15) is 5.10 Å². The maximum atomic E-state index is 14.3. The van der Waals surface area contributed by atoms with Crippen molar-refractivity contribution in [2.24, 2.45) is 0 Å². The van der Waals surface area contributed by atoms with E-state index in [-0.39, 0.29) is 18.3 Å². The highest BCUT2D eigenvalue weighted by Gasteiger charge is 2.16. The van der Waals surface area contributed by atoms with Crippen LogP contribution in [0.4, 0.5) is 15.8 Å². The van der Waals surface area contributed by atoms with Crippen LogP contribution in [0.15, 0.2) is 18.2 Å². The summed E-state index contributed by atoms with van der Waals surface area (Å²) in [5.41, 5.74) is 0.947. The number of benzene rings is 1. The predicted octanol–water partition coefficient (Wildman–Crippen LogP) is 1.51. The standard InChI is InChI=1S/C16H20FN5O2/c1-11-18-12(2)22(20-11)10-16(23)19-13-3-4-15(14(17)9-13)21-5-7-24-8-6-21/h3-4,9H,5-8,10H2,1-2H3,(H,19,23). The van der Waals surface area contributed by atoms with Crippen LogP contribution in [0.5, 0.6) is 0 Å². The average molecular weight is 333 g/mol. The lowest BCUT2D eigenvalue weighted by atomic mass is 10.2. The predicted molar refractivity (Wildman–Crippen MR) is 87.6 cm³/mol. The average Bonchev–Trinajstić information content (AvgIpc) is 2.85. The van der Waals surface area contributed by atoms with Crippen molar-refractivity contribution in [1.82, 2.24) is 14.8 Å². The number of aryl methyl sites for hydroxylation is 2. The zero-order valence-electron chi connectivity index (χ0n) is 13.8. The molecule has 1 aliphatic rings. The van der Waals surface area contributed by atoms with Crippen molar-refractivity contribution < 1.29 is 13.9 Å². The smallest absolute Gasteiger partial charge is 0.246 e. The van der Waals surface area contributed by atoms with Gasteiger partial charge in [0.2, 0.25) is 5.91 Å². The lowest BCUT2D eigenvalue weighted by molar-refractivity contribution is -0.116. The fourth-order valence-electron chi connectivity index (χ4n) is 2.69. The van der Waals surface area contributed by atoms with Gasteiger partial charge in [-0.15, -0.1) is 0 Å². The maximum absolute atomic E-state index is 14.3.